The van der Waals surface area contributed by atoms with Gasteiger partial charge in [-0.3, -0.25) is 0 Å². The number of hydrazine groups is 1. The fourth-order valence-electron chi connectivity index (χ4n) is 1.65. The normalized spacial score (nSPS) is 10.5. The van der Waals surface area contributed by atoms with Crippen molar-refractivity contribution in [2.24, 2.45) is 5.84 Å². The van der Waals surface area contributed by atoms with Crippen LogP contribution in [-0.4, -0.2) is 15.0 Å². The van der Waals surface area contributed by atoms with E-state index in [1.165, 1.54) is 4.88 Å². The van der Waals surface area contributed by atoms with Crippen molar-refractivity contribution >= 4 is 23.0 Å². The minimum atomic E-state index is 0.622. The van der Waals surface area contributed by atoms with Gasteiger partial charge in [-0.25, -0.2) is 20.8 Å². The summed E-state index contributed by atoms with van der Waals surface area (Å²) in [6, 6.07) is 1.79. The summed E-state index contributed by atoms with van der Waals surface area (Å²) in [5, 5.41) is 4.29. The number of rotatable bonds is 6. The van der Waals surface area contributed by atoms with Crippen LogP contribution in [0.25, 0.3) is 0 Å². The molecule has 2 aromatic rings. The molecular formula is C12H18N6S. The van der Waals surface area contributed by atoms with E-state index >= 15 is 0 Å². The maximum atomic E-state index is 5.42. The van der Waals surface area contributed by atoms with Crippen molar-refractivity contribution in [1.82, 2.24) is 15.0 Å². The van der Waals surface area contributed by atoms with Crippen molar-refractivity contribution in [3.63, 3.8) is 0 Å². The molecule has 0 aliphatic carbocycles. The van der Waals surface area contributed by atoms with Crippen LogP contribution < -0.4 is 16.6 Å². The number of aromatic nitrogens is 3. The van der Waals surface area contributed by atoms with Gasteiger partial charge in [0, 0.05) is 23.6 Å². The fraction of sp³-hybridized carbons (Fsp3) is 0.417. The largest absolute Gasteiger partial charge is 0.363 e. The molecule has 2 rings (SSSR count). The number of nitrogens with zero attached hydrogens (tertiary/aromatic N) is 3. The van der Waals surface area contributed by atoms with Crippen LogP contribution >= 0.6 is 11.3 Å². The van der Waals surface area contributed by atoms with Gasteiger partial charge in [0.05, 0.1) is 6.54 Å². The fourth-order valence-corrected chi connectivity index (χ4v) is 2.37. The zero-order valence-electron chi connectivity index (χ0n) is 11.1. The smallest absolute Gasteiger partial charge is 0.145 e. The molecule has 0 spiro atoms. The lowest BCUT2D eigenvalue weighted by Crippen LogP contribution is -2.12. The minimum absolute atomic E-state index is 0.622. The van der Waals surface area contributed by atoms with Crippen LogP contribution in [0.15, 0.2) is 12.3 Å². The van der Waals surface area contributed by atoms with E-state index in [0.29, 0.717) is 12.4 Å². The summed E-state index contributed by atoms with van der Waals surface area (Å²) >= 11 is 1.67. The highest BCUT2D eigenvalue weighted by Gasteiger charge is 2.04. The van der Waals surface area contributed by atoms with Gasteiger partial charge in [-0.2, -0.15) is 0 Å². The number of nitrogens with two attached hydrogens (primary N) is 1. The Morgan fingerprint density at radius 3 is 2.74 bits per heavy atom. The van der Waals surface area contributed by atoms with Gasteiger partial charge in [-0.1, -0.05) is 6.92 Å². The standard InChI is InChI=1S/C12H18N6S/c1-3-4-9-16-10(5-11(17-9)18-13)14-7-12-15-6-8(2)19-12/h5-6H,3-4,7,13H2,1-2H3,(H2,14,16,17,18). The first kappa shape index (κ1) is 13.7. The van der Waals surface area contributed by atoms with Crippen LogP contribution in [0.1, 0.15) is 29.1 Å². The molecule has 7 heteroatoms. The maximum absolute atomic E-state index is 5.42. The first-order valence-corrected chi connectivity index (χ1v) is 7.02. The summed E-state index contributed by atoms with van der Waals surface area (Å²) in [4.78, 5) is 14.3. The van der Waals surface area contributed by atoms with Crippen LogP contribution in [0.2, 0.25) is 0 Å². The third-order valence-electron chi connectivity index (χ3n) is 2.48. The first-order valence-electron chi connectivity index (χ1n) is 6.21. The number of aryl methyl sites for hydroxylation is 2. The van der Waals surface area contributed by atoms with Crippen LogP contribution in [-0.2, 0) is 13.0 Å². The Kier molecular flexibility index (Phi) is 4.64. The van der Waals surface area contributed by atoms with E-state index in [1.807, 2.05) is 13.1 Å². The van der Waals surface area contributed by atoms with Crippen molar-refractivity contribution in [3.05, 3.63) is 28.0 Å². The van der Waals surface area contributed by atoms with Gasteiger partial charge in [0.25, 0.3) is 0 Å². The number of hydrogen-bond acceptors (Lipinski definition) is 7. The molecule has 0 saturated carbocycles. The van der Waals surface area contributed by atoms with E-state index in [0.717, 1.165) is 29.5 Å². The van der Waals surface area contributed by atoms with Crippen LogP contribution in [0.5, 0.6) is 0 Å². The zero-order valence-corrected chi connectivity index (χ0v) is 11.9. The second kappa shape index (κ2) is 6.44. The second-order valence-corrected chi connectivity index (χ2v) is 5.49. The highest BCUT2D eigenvalue weighted by atomic mass is 32.1. The van der Waals surface area contributed by atoms with E-state index in [1.54, 1.807) is 17.4 Å². The summed E-state index contributed by atoms with van der Waals surface area (Å²) in [6.07, 6.45) is 3.71. The number of hydrogen-bond donors (Lipinski definition) is 3. The van der Waals surface area contributed by atoms with E-state index in [2.05, 4.69) is 32.6 Å². The average molecular weight is 278 g/mol. The summed E-state index contributed by atoms with van der Waals surface area (Å²) in [6.45, 7) is 4.80. The van der Waals surface area contributed by atoms with E-state index in [9.17, 15) is 0 Å². The highest BCUT2D eigenvalue weighted by Crippen LogP contribution is 2.15. The molecular weight excluding hydrogens is 260 g/mol. The Morgan fingerprint density at radius 1 is 1.32 bits per heavy atom. The monoisotopic (exact) mass is 278 g/mol. The van der Waals surface area contributed by atoms with Crippen LogP contribution in [0.4, 0.5) is 11.6 Å². The van der Waals surface area contributed by atoms with E-state index in [-0.39, 0.29) is 0 Å². The van der Waals surface area contributed by atoms with Gasteiger partial charge in [0.15, 0.2) is 0 Å². The SMILES string of the molecule is CCCc1nc(NN)cc(NCc2ncc(C)s2)n1. The lowest BCUT2D eigenvalue weighted by molar-refractivity contribution is 0.834. The molecule has 2 aromatic heterocycles. The van der Waals surface area contributed by atoms with Gasteiger partial charge in [-0.15, -0.1) is 11.3 Å². The van der Waals surface area contributed by atoms with Crippen molar-refractivity contribution in [2.45, 2.75) is 33.2 Å². The molecule has 2 heterocycles. The van der Waals surface area contributed by atoms with Gasteiger partial charge in [0.1, 0.15) is 22.5 Å². The van der Waals surface area contributed by atoms with Crippen molar-refractivity contribution in [2.75, 3.05) is 10.7 Å². The molecule has 0 radical (unpaired) electrons. The minimum Gasteiger partial charge on any atom is -0.363 e. The summed E-state index contributed by atoms with van der Waals surface area (Å²) in [5.74, 6) is 7.59. The summed E-state index contributed by atoms with van der Waals surface area (Å²) < 4.78 is 0. The first-order chi connectivity index (χ1) is 9.21. The predicted molar refractivity (Wildman–Crippen MR) is 78.0 cm³/mol. The number of thiazole rings is 1. The summed E-state index contributed by atoms with van der Waals surface area (Å²) in [5.41, 5.74) is 2.56. The Morgan fingerprint density at radius 2 is 2.11 bits per heavy atom. The topological polar surface area (TPSA) is 88.8 Å². The Balaban J connectivity index is 2.08. The molecule has 0 amide bonds. The Labute approximate surface area is 116 Å². The molecule has 0 bridgehead atoms. The number of nitrogen functional groups attached to an aromatic ring is 1. The van der Waals surface area contributed by atoms with Crippen molar-refractivity contribution in [1.29, 1.82) is 0 Å². The lowest BCUT2D eigenvalue weighted by Gasteiger charge is -2.08. The highest BCUT2D eigenvalue weighted by molar-refractivity contribution is 7.11. The Hall–Kier alpha value is -1.73. The van der Waals surface area contributed by atoms with Gasteiger partial charge < -0.3 is 10.7 Å². The molecule has 0 fully saturated rings. The zero-order chi connectivity index (χ0) is 13.7. The average Bonchev–Trinajstić information content (AvgIpc) is 2.82. The van der Waals surface area contributed by atoms with Gasteiger partial charge in [0.2, 0.25) is 0 Å². The lowest BCUT2D eigenvalue weighted by atomic mass is 10.3. The molecule has 0 aromatic carbocycles. The third kappa shape index (κ3) is 3.87. The van der Waals surface area contributed by atoms with Gasteiger partial charge in [-0.05, 0) is 13.3 Å². The second-order valence-electron chi connectivity index (χ2n) is 4.17. The number of anilines is 2. The molecule has 0 atom stereocenters. The van der Waals surface area contributed by atoms with Crippen molar-refractivity contribution in [3.8, 4) is 0 Å². The Bertz CT molecular complexity index is 539. The predicted octanol–water partition coefficient (Wildman–Crippen LogP) is 2.09. The van der Waals surface area contributed by atoms with Crippen molar-refractivity contribution < 1.29 is 0 Å². The van der Waals surface area contributed by atoms with Crippen LogP contribution in [0.3, 0.4) is 0 Å². The number of nitrogens with one attached hydrogen (secondary N) is 2. The quantitative estimate of drug-likeness (QED) is 0.554. The van der Waals surface area contributed by atoms with Crippen LogP contribution in [0, 0.1) is 6.92 Å². The molecule has 4 N–H and O–H groups in total. The maximum Gasteiger partial charge on any atom is 0.145 e. The molecule has 0 saturated heterocycles. The van der Waals surface area contributed by atoms with E-state index < -0.39 is 0 Å². The molecule has 6 nitrogen and oxygen atoms in total. The molecule has 0 aliphatic heterocycles. The molecule has 102 valence electrons. The molecule has 19 heavy (non-hydrogen) atoms. The van der Waals surface area contributed by atoms with Gasteiger partial charge >= 0.3 is 0 Å². The van der Waals surface area contributed by atoms with E-state index in [4.69, 9.17) is 5.84 Å². The summed E-state index contributed by atoms with van der Waals surface area (Å²) in [7, 11) is 0. The third-order valence-corrected chi connectivity index (χ3v) is 3.40. The molecule has 0 unspecified atom stereocenters. The molecule has 0 aliphatic rings.